The minimum absolute atomic E-state index is 0.446. The fourth-order valence-electron chi connectivity index (χ4n) is 2.96. The molecule has 2 fully saturated rings. The van der Waals surface area contributed by atoms with Crippen molar-refractivity contribution in [2.24, 2.45) is 7.05 Å². The second kappa shape index (κ2) is 5.53. The number of hydrogen-bond acceptors (Lipinski definition) is 1. The molecule has 0 bridgehead atoms. The largest absolute Gasteiger partial charge is 0.360 e. The fraction of sp³-hybridized carbons (Fsp3) is 0.667. The normalized spacial score (nSPS) is 24.1. The van der Waals surface area contributed by atoms with Crippen molar-refractivity contribution in [1.82, 2.24) is 14.8 Å². The van der Waals surface area contributed by atoms with Crippen molar-refractivity contribution in [3.05, 3.63) is 24.0 Å². The first-order chi connectivity index (χ1) is 9.25. The van der Waals surface area contributed by atoms with Crippen LogP contribution in [0.15, 0.2) is 18.3 Å². The van der Waals surface area contributed by atoms with E-state index in [2.05, 4.69) is 40.2 Å². The summed E-state index contributed by atoms with van der Waals surface area (Å²) in [6, 6.07) is 5.46. The predicted molar refractivity (Wildman–Crippen MR) is 82.1 cm³/mol. The SMILES string of the molecule is Cn1cccc1[C@H]1CCCCCN1C(=S)NC1CC1. The number of nitrogens with zero attached hydrogens (tertiary/aromatic N) is 2. The van der Waals surface area contributed by atoms with Gasteiger partial charge in [-0.05, 0) is 50.0 Å². The maximum absolute atomic E-state index is 5.65. The molecule has 1 saturated heterocycles. The molecule has 3 rings (SSSR count). The number of likely N-dealkylation sites (tertiary alicyclic amines) is 1. The van der Waals surface area contributed by atoms with Crippen molar-refractivity contribution in [2.45, 2.75) is 50.6 Å². The molecule has 1 aromatic heterocycles. The molecule has 2 aliphatic rings. The molecule has 1 aliphatic carbocycles. The monoisotopic (exact) mass is 277 g/mol. The molecule has 2 heterocycles. The quantitative estimate of drug-likeness (QED) is 0.839. The average Bonchev–Trinajstić information content (AvgIpc) is 3.15. The van der Waals surface area contributed by atoms with Crippen molar-refractivity contribution in [3.63, 3.8) is 0 Å². The van der Waals surface area contributed by atoms with Crippen LogP contribution >= 0.6 is 12.2 Å². The Kier molecular flexibility index (Phi) is 3.78. The van der Waals surface area contributed by atoms with Gasteiger partial charge in [0, 0.05) is 31.5 Å². The Morgan fingerprint density at radius 1 is 1.26 bits per heavy atom. The molecule has 19 heavy (non-hydrogen) atoms. The van der Waals surface area contributed by atoms with Crippen LogP contribution in [-0.4, -0.2) is 27.2 Å². The van der Waals surface area contributed by atoms with Crippen LogP contribution in [0, 0.1) is 0 Å². The summed E-state index contributed by atoms with van der Waals surface area (Å²) < 4.78 is 2.24. The average molecular weight is 277 g/mol. The molecule has 1 N–H and O–H groups in total. The maximum Gasteiger partial charge on any atom is 0.169 e. The van der Waals surface area contributed by atoms with E-state index in [-0.39, 0.29) is 0 Å². The first kappa shape index (κ1) is 13.0. The summed E-state index contributed by atoms with van der Waals surface area (Å²) in [6.07, 6.45) is 9.79. The topological polar surface area (TPSA) is 20.2 Å². The molecule has 104 valence electrons. The third-order valence-electron chi connectivity index (χ3n) is 4.24. The molecule has 3 nitrogen and oxygen atoms in total. The smallest absolute Gasteiger partial charge is 0.169 e. The van der Waals surface area contributed by atoms with Crippen molar-refractivity contribution in [3.8, 4) is 0 Å². The lowest BCUT2D eigenvalue weighted by Crippen LogP contribution is -2.43. The van der Waals surface area contributed by atoms with Gasteiger partial charge in [-0.1, -0.05) is 12.8 Å². The van der Waals surface area contributed by atoms with Gasteiger partial charge in [0.15, 0.2) is 5.11 Å². The zero-order chi connectivity index (χ0) is 13.2. The van der Waals surface area contributed by atoms with Crippen LogP contribution in [0.3, 0.4) is 0 Å². The fourth-order valence-corrected chi connectivity index (χ4v) is 3.35. The minimum atomic E-state index is 0.446. The van der Waals surface area contributed by atoms with Gasteiger partial charge in [-0.25, -0.2) is 0 Å². The Morgan fingerprint density at radius 3 is 2.79 bits per heavy atom. The van der Waals surface area contributed by atoms with Gasteiger partial charge in [0.1, 0.15) is 0 Å². The van der Waals surface area contributed by atoms with Crippen molar-refractivity contribution in [2.75, 3.05) is 6.54 Å². The molecule has 0 radical (unpaired) electrons. The highest BCUT2D eigenvalue weighted by atomic mass is 32.1. The summed E-state index contributed by atoms with van der Waals surface area (Å²) in [4.78, 5) is 2.43. The standard InChI is InChI=1S/C15H23N3S/c1-17-10-5-7-13(17)14-6-3-2-4-11-18(14)15(19)16-12-8-9-12/h5,7,10,12,14H,2-4,6,8-9,11H2,1H3,(H,16,19)/t14-/m1/s1. The Bertz CT molecular complexity index is 450. The van der Waals surface area contributed by atoms with E-state index in [1.165, 1.54) is 44.2 Å². The van der Waals surface area contributed by atoms with Crippen LogP contribution in [0.25, 0.3) is 0 Å². The highest BCUT2D eigenvalue weighted by Gasteiger charge is 2.29. The van der Waals surface area contributed by atoms with E-state index in [1.54, 1.807) is 0 Å². The van der Waals surface area contributed by atoms with Crippen LogP contribution in [0.2, 0.25) is 0 Å². The van der Waals surface area contributed by atoms with Crippen LogP contribution < -0.4 is 5.32 Å². The van der Waals surface area contributed by atoms with Crippen molar-refractivity contribution in [1.29, 1.82) is 0 Å². The van der Waals surface area contributed by atoms with Gasteiger partial charge in [0.25, 0.3) is 0 Å². The highest BCUT2D eigenvalue weighted by molar-refractivity contribution is 7.80. The first-order valence-electron chi connectivity index (χ1n) is 7.44. The first-order valence-corrected chi connectivity index (χ1v) is 7.85. The predicted octanol–water partition coefficient (Wildman–Crippen LogP) is 2.98. The molecule has 1 atom stereocenters. The van der Waals surface area contributed by atoms with E-state index < -0.39 is 0 Å². The summed E-state index contributed by atoms with van der Waals surface area (Å²) in [7, 11) is 2.13. The van der Waals surface area contributed by atoms with Gasteiger partial charge < -0.3 is 14.8 Å². The third-order valence-corrected chi connectivity index (χ3v) is 4.60. The maximum atomic E-state index is 5.65. The second-order valence-electron chi connectivity index (χ2n) is 5.83. The number of rotatable bonds is 2. The molecular weight excluding hydrogens is 254 g/mol. The van der Waals surface area contributed by atoms with Crippen molar-refractivity contribution >= 4 is 17.3 Å². The number of aromatic nitrogens is 1. The summed E-state index contributed by atoms with van der Waals surface area (Å²) in [5.41, 5.74) is 1.39. The van der Waals surface area contributed by atoms with Crippen molar-refractivity contribution < 1.29 is 0 Å². The molecule has 1 saturated carbocycles. The number of thiocarbonyl (C=S) groups is 1. The Labute approximate surface area is 121 Å². The van der Waals surface area contributed by atoms with Crippen LogP contribution in [0.4, 0.5) is 0 Å². The molecular formula is C15H23N3S. The summed E-state index contributed by atoms with van der Waals surface area (Å²) >= 11 is 5.65. The molecule has 0 unspecified atom stereocenters. The Hall–Kier alpha value is -1.03. The van der Waals surface area contributed by atoms with Gasteiger partial charge >= 0.3 is 0 Å². The molecule has 1 aromatic rings. The third kappa shape index (κ3) is 2.94. The van der Waals surface area contributed by atoms with Gasteiger partial charge in [-0.3, -0.25) is 0 Å². The summed E-state index contributed by atoms with van der Waals surface area (Å²) in [5.74, 6) is 0. The lowest BCUT2D eigenvalue weighted by Gasteiger charge is -2.33. The van der Waals surface area contributed by atoms with Crippen LogP contribution in [0.5, 0.6) is 0 Å². The molecule has 0 spiro atoms. The zero-order valence-electron chi connectivity index (χ0n) is 11.6. The second-order valence-corrected chi connectivity index (χ2v) is 6.21. The van der Waals surface area contributed by atoms with E-state index >= 15 is 0 Å². The molecule has 0 aromatic carbocycles. The van der Waals surface area contributed by atoms with Crippen LogP contribution in [-0.2, 0) is 7.05 Å². The summed E-state index contributed by atoms with van der Waals surface area (Å²) in [5, 5.41) is 4.48. The van der Waals surface area contributed by atoms with Gasteiger partial charge in [-0.15, -0.1) is 0 Å². The van der Waals surface area contributed by atoms with E-state index in [0.29, 0.717) is 12.1 Å². The van der Waals surface area contributed by atoms with E-state index in [9.17, 15) is 0 Å². The number of hydrogen-bond donors (Lipinski definition) is 1. The molecule has 0 amide bonds. The zero-order valence-corrected chi connectivity index (χ0v) is 12.5. The summed E-state index contributed by atoms with van der Waals surface area (Å²) in [6.45, 7) is 1.09. The highest BCUT2D eigenvalue weighted by Crippen LogP contribution is 2.31. The van der Waals surface area contributed by atoms with Gasteiger partial charge in [0.2, 0.25) is 0 Å². The molecule has 4 heteroatoms. The minimum Gasteiger partial charge on any atom is -0.360 e. The molecule has 1 aliphatic heterocycles. The lowest BCUT2D eigenvalue weighted by atomic mass is 10.1. The lowest BCUT2D eigenvalue weighted by molar-refractivity contribution is 0.306. The van der Waals surface area contributed by atoms with Crippen LogP contribution in [0.1, 0.15) is 50.3 Å². The van der Waals surface area contributed by atoms with E-state index in [1.807, 2.05) is 0 Å². The van der Waals surface area contributed by atoms with Gasteiger partial charge in [-0.2, -0.15) is 0 Å². The van der Waals surface area contributed by atoms with E-state index in [0.717, 1.165) is 11.7 Å². The van der Waals surface area contributed by atoms with E-state index in [4.69, 9.17) is 12.2 Å². The Balaban J connectivity index is 1.79. The number of nitrogens with one attached hydrogen (secondary N) is 1. The number of aryl methyl sites for hydroxylation is 1. The van der Waals surface area contributed by atoms with Gasteiger partial charge in [0.05, 0.1) is 6.04 Å². The Morgan fingerprint density at radius 2 is 2.11 bits per heavy atom.